The molecule has 0 atom stereocenters. The van der Waals surface area contributed by atoms with Crippen LogP contribution in [0.25, 0.3) is 10.9 Å². The Morgan fingerprint density at radius 2 is 2.07 bits per heavy atom. The van der Waals surface area contributed by atoms with Crippen LogP contribution in [0, 0.1) is 12.8 Å². The van der Waals surface area contributed by atoms with Crippen molar-refractivity contribution in [1.29, 1.82) is 0 Å². The Labute approximate surface area is 178 Å². The molecule has 0 saturated carbocycles. The number of H-pyrrole nitrogens is 1. The van der Waals surface area contributed by atoms with Gasteiger partial charge in [-0.2, -0.15) is 0 Å². The highest BCUT2D eigenvalue weighted by molar-refractivity contribution is 5.84. The fraction of sp³-hybridized carbons (Fsp3) is 0.500. The smallest absolute Gasteiger partial charge is 0.222 e. The lowest BCUT2D eigenvalue weighted by Crippen LogP contribution is -2.39. The number of nitrogens with zero attached hydrogens (tertiary/aromatic N) is 3. The summed E-state index contributed by atoms with van der Waals surface area (Å²) in [5, 5.41) is 1.23. The number of nitrogens with one attached hydrogen (secondary N) is 1. The molecule has 1 aliphatic heterocycles. The predicted molar refractivity (Wildman–Crippen MR) is 118 cm³/mol. The molecule has 0 bridgehead atoms. The molecule has 1 amide bonds. The average molecular weight is 409 g/mol. The van der Waals surface area contributed by atoms with Crippen LogP contribution >= 0.6 is 0 Å². The number of aromatic nitrogens is 3. The summed E-state index contributed by atoms with van der Waals surface area (Å²) in [7, 11) is 1.73. The van der Waals surface area contributed by atoms with Gasteiger partial charge in [-0.25, -0.2) is 4.98 Å². The minimum atomic E-state index is 0.274. The number of hydrogen-bond acceptors (Lipinski definition) is 3. The number of likely N-dealkylation sites (tertiary alicyclic amines) is 1. The minimum Gasteiger partial charge on any atom is -0.383 e. The number of para-hydroxylation sites is 1. The summed E-state index contributed by atoms with van der Waals surface area (Å²) < 4.78 is 7.50. The van der Waals surface area contributed by atoms with Crippen LogP contribution in [0.5, 0.6) is 0 Å². The van der Waals surface area contributed by atoms with Crippen LogP contribution < -0.4 is 0 Å². The number of hydrogen-bond donors (Lipinski definition) is 1. The fourth-order valence-corrected chi connectivity index (χ4v) is 4.54. The number of ether oxygens (including phenoxy) is 1. The van der Waals surface area contributed by atoms with Crippen molar-refractivity contribution in [2.45, 2.75) is 45.6 Å². The lowest BCUT2D eigenvalue weighted by molar-refractivity contribution is -0.132. The maximum Gasteiger partial charge on any atom is 0.222 e. The Balaban J connectivity index is 1.27. The molecule has 30 heavy (non-hydrogen) atoms. The summed E-state index contributed by atoms with van der Waals surface area (Å²) in [4.78, 5) is 22.7. The van der Waals surface area contributed by atoms with E-state index in [-0.39, 0.29) is 5.91 Å². The van der Waals surface area contributed by atoms with E-state index in [1.807, 2.05) is 29.4 Å². The predicted octanol–water partition coefficient (Wildman–Crippen LogP) is 3.73. The molecule has 0 radical (unpaired) electrons. The second-order valence-electron chi connectivity index (χ2n) is 8.35. The highest BCUT2D eigenvalue weighted by Crippen LogP contribution is 2.24. The van der Waals surface area contributed by atoms with E-state index in [2.05, 4.69) is 33.6 Å². The first-order valence-corrected chi connectivity index (χ1v) is 11.0. The number of carbonyl (C=O) groups is 1. The van der Waals surface area contributed by atoms with Crippen molar-refractivity contribution in [3.63, 3.8) is 0 Å². The topological polar surface area (TPSA) is 63.1 Å². The lowest BCUT2D eigenvalue weighted by Gasteiger charge is -2.32. The van der Waals surface area contributed by atoms with Gasteiger partial charge in [-0.05, 0) is 43.7 Å². The van der Waals surface area contributed by atoms with E-state index in [9.17, 15) is 4.79 Å². The minimum absolute atomic E-state index is 0.274. The Kier molecular flexibility index (Phi) is 6.53. The maximum absolute atomic E-state index is 12.8. The number of rotatable bonds is 8. The second kappa shape index (κ2) is 9.47. The molecule has 6 nitrogen and oxygen atoms in total. The summed E-state index contributed by atoms with van der Waals surface area (Å²) in [5.74, 6) is 2.01. The van der Waals surface area contributed by atoms with Gasteiger partial charge in [0.15, 0.2) is 0 Å². The molecular weight excluding hydrogens is 376 g/mol. The molecule has 3 aromatic rings. The molecule has 0 aliphatic carbocycles. The molecule has 1 N–H and O–H groups in total. The monoisotopic (exact) mass is 408 g/mol. The molecule has 3 heterocycles. The molecular formula is C24H32N4O2. The van der Waals surface area contributed by atoms with Gasteiger partial charge in [-0.1, -0.05) is 18.2 Å². The lowest BCUT2D eigenvalue weighted by atomic mass is 9.93. The number of piperidine rings is 1. The molecule has 1 aromatic carbocycles. The molecule has 1 aliphatic rings. The number of benzene rings is 1. The van der Waals surface area contributed by atoms with Crippen molar-refractivity contribution in [2.75, 3.05) is 26.8 Å². The molecule has 0 spiro atoms. The van der Waals surface area contributed by atoms with Gasteiger partial charge in [0.25, 0.3) is 0 Å². The summed E-state index contributed by atoms with van der Waals surface area (Å²) in [5.41, 5.74) is 3.55. The van der Waals surface area contributed by atoms with E-state index < -0.39 is 0 Å². The van der Waals surface area contributed by atoms with Gasteiger partial charge in [0.1, 0.15) is 5.82 Å². The van der Waals surface area contributed by atoms with E-state index in [1.165, 1.54) is 16.6 Å². The van der Waals surface area contributed by atoms with Gasteiger partial charge in [0.2, 0.25) is 5.91 Å². The fourth-order valence-electron chi connectivity index (χ4n) is 4.54. The van der Waals surface area contributed by atoms with Crippen molar-refractivity contribution < 1.29 is 9.53 Å². The molecule has 160 valence electrons. The van der Waals surface area contributed by atoms with Gasteiger partial charge < -0.3 is 19.2 Å². The van der Waals surface area contributed by atoms with Gasteiger partial charge in [-0.3, -0.25) is 4.79 Å². The third-order valence-corrected chi connectivity index (χ3v) is 6.38. The zero-order valence-electron chi connectivity index (χ0n) is 18.1. The highest BCUT2D eigenvalue weighted by Gasteiger charge is 2.24. The number of aryl methyl sites for hydroxylation is 2. The van der Waals surface area contributed by atoms with Crippen LogP contribution in [0.15, 0.2) is 36.7 Å². The molecule has 6 heteroatoms. The summed E-state index contributed by atoms with van der Waals surface area (Å²) >= 11 is 0. The number of imidazole rings is 1. The Morgan fingerprint density at radius 1 is 1.27 bits per heavy atom. The first-order valence-electron chi connectivity index (χ1n) is 11.0. The largest absolute Gasteiger partial charge is 0.383 e. The van der Waals surface area contributed by atoms with Crippen molar-refractivity contribution >= 4 is 16.8 Å². The molecule has 2 aromatic heterocycles. The Morgan fingerprint density at radius 3 is 2.87 bits per heavy atom. The van der Waals surface area contributed by atoms with Crippen molar-refractivity contribution in [3.05, 3.63) is 53.7 Å². The highest BCUT2D eigenvalue weighted by atomic mass is 16.5. The van der Waals surface area contributed by atoms with Crippen LogP contribution in [-0.2, 0) is 28.9 Å². The van der Waals surface area contributed by atoms with Gasteiger partial charge in [0.05, 0.1) is 6.61 Å². The summed E-state index contributed by atoms with van der Waals surface area (Å²) in [6.45, 7) is 5.36. The first kappa shape index (κ1) is 20.7. The van der Waals surface area contributed by atoms with Gasteiger partial charge >= 0.3 is 0 Å². The third-order valence-electron chi connectivity index (χ3n) is 6.38. The number of carbonyl (C=O) groups excluding carboxylic acids is 1. The van der Waals surface area contributed by atoms with Crippen molar-refractivity contribution in [3.8, 4) is 0 Å². The molecule has 4 rings (SSSR count). The Hall–Kier alpha value is -2.60. The van der Waals surface area contributed by atoms with Crippen molar-refractivity contribution in [1.82, 2.24) is 19.4 Å². The molecule has 1 fully saturated rings. The van der Waals surface area contributed by atoms with E-state index in [0.29, 0.717) is 18.9 Å². The molecule has 0 unspecified atom stereocenters. The normalized spacial score (nSPS) is 15.2. The SMILES string of the molecule is COCCn1c(C)cnc1CC1CCN(C(=O)CCc2c[nH]c3ccccc23)CC1. The zero-order valence-corrected chi connectivity index (χ0v) is 18.1. The Bertz CT molecular complexity index is 982. The van der Waals surface area contributed by atoms with E-state index in [0.717, 1.165) is 56.7 Å². The van der Waals surface area contributed by atoms with E-state index >= 15 is 0 Å². The third kappa shape index (κ3) is 4.59. The van der Waals surface area contributed by atoms with E-state index in [4.69, 9.17) is 4.74 Å². The number of methoxy groups -OCH3 is 1. The maximum atomic E-state index is 12.8. The van der Waals surface area contributed by atoms with Crippen LogP contribution in [0.4, 0.5) is 0 Å². The average Bonchev–Trinajstić information content (AvgIpc) is 3.34. The number of amides is 1. The zero-order chi connectivity index (χ0) is 20.9. The van der Waals surface area contributed by atoms with Gasteiger partial charge in [0, 0.05) is 68.6 Å². The van der Waals surface area contributed by atoms with Crippen LogP contribution in [0.3, 0.4) is 0 Å². The summed E-state index contributed by atoms with van der Waals surface area (Å²) in [6, 6.07) is 8.28. The second-order valence-corrected chi connectivity index (χ2v) is 8.35. The van der Waals surface area contributed by atoms with Gasteiger partial charge in [-0.15, -0.1) is 0 Å². The van der Waals surface area contributed by atoms with Crippen LogP contribution in [0.1, 0.15) is 36.3 Å². The summed E-state index contributed by atoms with van der Waals surface area (Å²) in [6.07, 6.45) is 8.44. The first-order chi connectivity index (χ1) is 14.7. The van der Waals surface area contributed by atoms with Crippen LogP contribution in [0.2, 0.25) is 0 Å². The molecule has 1 saturated heterocycles. The van der Waals surface area contributed by atoms with E-state index in [1.54, 1.807) is 7.11 Å². The standard InChI is InChI=1S/C24H32N4O2/c1-18-16-26-23(28(18)13-14-30-2)15-19-9-11-27(12-10-19)24(29)8-7-20-17-25-22-6-4-3-5-21(20)22/h3-6,16-17,19,25H,7-15H2,1-2H3. The van der Waals surface area contributed by atoms with Crippen LogP contribution in [-0.4, -0.2) is 52.1 Å². The van der Waals surface area contributed by atoms with Crippen molar-refractivity contribution in [2.24, 2.45) is 5.92 Å². The number of aromatic amines is 1. The quantitative estimate of drug-likeness (QED) is 0.618. The number of fused-ring (bicyclic) bond motifs is 1.